The second kappa shape index (κ2) is 4.17. The van der Waals surface area contributed by atoms with Crippen LogP contribution in [0.2, 0.25) is 5.02 Å². The van der Waals surface area contributed by atoms with E-state index in [1.165, 1.54) is 0 Å². The molecular weight excluding hydrogens is 232 g/mol. The third-order valence-corrected chi connectivity index (χ3v) is 3.35. The van der Waals surface area contributed by atoms with Gasteiger partial charge < -0.3 is 5.11 Å². The summed E-state index contributed by atoms with van der Waals surface area (Å²) in [6.07, 6.45) is -0.472. The van der Waals surface area contributed by atoms with Gasteiger partial charge >= 0.3 is 0 Å². The van der Waals surface area contributed by atoms with Gasteiger partial charge in [0.1, 0.15) is 0 Å². The fourth-order valence-corrected chi connectivity index (χ4v) is 2.52. The van der Waals surface area contributed by atoms with Gasteiger partial charge in [-0.1, -0.05) is 47.9 Å². The van der Waals surface area contributed by atoms with E-state index in [0.29, 0.717) is 10.6 Å². The first kappa shape index (κ1) is 6.58. The lowest BCUT2D eigenvalue weighted by molar-refractivity contribution is 0.176. The van der Waals surface area contributed by atoms with Crippen molar-refractivity contribution in [1.82, 2.24) is 0 Å². The Labute approximate surface area is 113 Å². The Bertz CT molecular complexity index is 748. The van der Waals surface area contributed by atoms with Crippen LogP contribution < -0.4 is 0 Å². The summed E-state index contributed by atoms with van der Waals surface area (Å²) in [5.41, 5.74) is 1.64. The molecule has 0 aromatic heterocycles. The number of hydrogen-bond acceptors (Lipinski definition) is 1. The third kappa shape index (κ3) is 1.86. The minimum atomic E-state index is -0.753. The summed E-state index contributed by atoms with van der Waals surface area (Å²) in [7, 11) is 0. The minimum Gasteiger partial charge on any atom is -0.388 e. The van der Waals surface area contributed by atoms with Crippen molar-refractivity contribution in [1.29, 1.82) is 0 Å². The first-order chi connectivity index (χ1) is 10.3. The topological polar surface area (TPSA) is 20.2 Å². The SMILES string of the molecule is [2H]c1c([2H])c([2H])c(C2C[C@H](O)c3cc(Cl)ccc32)c([2H])c1[2H]. The predicted octanol–water partition coefficient (Wildman–Crippen LogP) is 3.91. The fraction of sp³-hybridized carbons (Fsp3) is 0.200. The zero-order valence-electron chi connectivity index (χ0n) is 13.9. The lowest BCUT2D eigenvalue weighted by atomic mass is 9.93. The number of rotatable bonds is 1. The number of aliphatic hydroxyl groups excluding tert-OH is 1. The number of halogens is 1. The summed E-state index contributed by atoms with van der Waals surface area (Å²) >= 11 is 5.95. The van der Waals surface area contributed by atoms with E-state index in [1.54, 1.807) is 18.2 Å². The Morgan fingerprint density at radius 2 is 1.94 bits per heavy atom. The van der Waals surface area contributed by atoms with E-state index in [0.717, 1.165) is 5.56 Å². The van der Waals surface area contributed by atoms with Gasteiger partial charge in [0.15, 0.2) is 0 Å². The summed E-state index contributed by atoms with van der Waals surface area (Å²) in [4.78, 5) is 0. The molecule has 0 saturated carbocycles. The molecule has 1 N–H and O–H groups in total. The van der Waals surface area contributed by atoms with Crippen LogP contribution in [0.15, 0.2) is 48.4 Å². The van der Waals surface area contributed by atoms with Crippen LogP contribution in [-0.2, 0) is 0 Å². The minimum absolute atomic E-state index is 0.217. The van der Waals surface area contributed by atoms with E-state index in [-0.39, 0.29) is 36.2 Å². The van der Waals surface area contributed by atoms with Crippen molar-refractivity contribution in [2.45, 2.75) is 18.4 Å². The molecule has 1 nitrogen and oxygen atoms in total. The van der Waals surface area contributed by atoms with Crippen molar-refractivity contribution in [3.05, 3.63) is 70.1 Å². The Morgan fingerprint density at radius 3 is 2.71 bits per heavy atom. The van der Waals surface area contributed by atoms with Gasteiger partial charge in [-0.25, -0.2) is 0 Å². The molecule has 0 heterocycles. The second-order valence-electron chi connectivity index (χ2n) is 4.12. The van der Waals surface area contributed by atoms with Crippen LogP contribution in [0.5, 0.6) is 0 Å². The van der Waals surface area contributed by atoms with Crippen LogP contribution >= 0.6 is 11.6 Å². The van der Waals surface area contributed by atoms with E-state index >= 15 is 0 Å². The zero-order chi connectivity index (χ0) is 16.2. The molecule has 1 aliphatic carbocycles. The van der Waals surface area contributed by atoms with Gasteiger partial charge in [0.05, 0.1) is 13.0 Å². The average Bonchev–Trinajstić information content (AvgIpc) is 2.80. The van der Waals surface area contributed by atoms with Crippen molar-refractivity contribution in [3.63, 3.8) is 0 Å². The molecule has 0 radical (unpaired) electrons. The maximum atomic E-state index is 10.2. The summed E-state index contributed by atoms with van der Waals surface area (Å²) in [6.45, 7) is 0. The molecule has 0 amide bonds. The summed E-state index contributed by atoms with van der Waals surface area (Å²) < 4.78 is 39.3. The molecule has 2 heteroatoms. The zero-order valence-corrected chi connectivity index (χ0v) is 9.67. The van der Waals surface area contributed by atoms with Crippen LogP contribution in [0.1, 0.15) is 42.0 Å². The molecule has 0 fully saturated rings. The van der Waals surface area contributed by atoms with Crippen molar-refractivity contribution in [3.8, 4) is 0 Å². The largest absolute Gasteiger partial charge is 0.388 e. The number of benzene rings is 2. The first-order valence-corrected chi connectivity index (χ1v) is 5.75. The highest BCUT2D eigenvalue weighted by molar-refractivity contribution is 6.30. The van der Waals surface area contributed by atoms with Crippen molar-refractivity contribution < 1.29 is 12.0 Å². The Hall–Kier alpha value is -1.31. The van der Waals surface area contributed by atoms with Gasteiger partial charge in [-0.3, -0.25) is 0 Å². The third-order valence-electron chi connectivity index (χ3n) is 3.11. The highest BCUT2D eigenvalue weighted by Crippen LogP contribution is 2.44. The van der Waals surface area contributed by atoms with Crippen LogP contribution in [0.25, 0.3) is 0 Å². The van der Waals surface area contributed by atoms with E-state index in [9.17, 15) is 5.11 Å². The van der Waals surface area contributed by atoms with Gasteiger partial charge in [0.2, 0.25) is 0 Å². The molecule has 1 unspecified atom stereocenters. The van der Waals surface area contributed by atoms with Crippen molar-refractivity contribution in [2.75, 3.05) is 0 Å². The van der Waals surface area contributed by atoms with Gasteiger partial charge in [-0.15, -0.1) is 0 Å². The molecule has 0 bridgehead atoms. The quantitative estimate of drug-likeness (QED) is 0.813. The normalized spacial score (nSPS) is 26.6. The summed E-state index contributed by atoms with van der Waals surface area (Å²) in [6, 6.07) is 3.54. The number of fused-ring (bicyclic) bond motifs is 1. The fourth-order valence-electron chi connectivity index (χ4n) is 2.34. The van der Waals surface area contributed by atoms with E-state index in [4.69, 9.17) is 18.5 Å². The summed E-state index contributed by atoms with van der Waals surface area (Å²) in [5.74, 6) is -0.434. The summed E-state index contributed by atoms with van der Waals surface area (Å²) in [5, 5.41) is 10.7. The highest BCUT2D eigenvalue weighted by Gasteiger charge is 2.30. The van der Waals surface area contributed by atoms with Crippen molar-refractivity contribution in [2.24, 2.45) is 0 Å². The number of aliphatic hydroxyl groups is 1. The first-order valence-electron chi connectivity index (χ1n) is 7.87. The van der Waals surface area contributed by atoms with Gasteiger partial charge in [-0.2, -0.15) is 0 Å². The maximum Gasteiger partial charge on any atom is 0.0802 e. The molecule has 0 aliphatic heterocycles. The van der Waals surface area contributed by atoms with Gasteiger partial charge in [0.25, 0.3) is 0 Å². The smallest absolute Gasteiger partial charge is 0.0802 e. The lowest BCUT2D eigenvalue weighted by Gasteiger charge is -2.11. The Morgan fingerprint density at radius 1 is 1.18 bits per heavy atom. The molecule has 2 aromatic carbocycles. The van der Waals surface area contributed by atoms with E-state index in [2.05, 4.69) is 0 Å². The van der Waals surface area contributed by atoms with Crippen LogP contribution in [-0.4, -0.2) is 5.11 Å². The molecule has 2 aromatic rings. The standard InChI is InChI=1S/C15H13ClO/c16-11-6-7-12-13(9-15(17)14(12)8-11)10-4-2-1-3-5-10/h1-8,13,15,17H,9H2/t13?,15-/m0/s1/i1D,2D,3D,4D,5D. The molecule has 1 aliphatic rings. The van der Waals surface area contributed by atoms with Crippen LogP contribution in [0.4, 0.5) is 0 Å². The lowest BCUT2D eigenvalue weighted by Crippen LogP contribution is -1.95. The van der Waals surface area contributed by atoms with Gasteiger partial charge in [0, 0.05) is 10.9 Å². The van der Waals surface area contributed by atoms with Gasteiger partial charge in [-0.05, 0) is 35.2 Å². The molecule has 17 heavy (non-hydrogen) atoms. The van der Waals surface area contributed by atoms with Crippen molar-refractivity contribution >= 4 is 11.6 Å². The highest BCUT2D eigenvalue weighted by atomic mass is 35.5. The average molecular weight is 250 g/mol. The Balaban J connectivity index is 2.23. The van der Waals surface area contributed by atoms with E-state index < -0.39 is 18.1 Å². The predicted molar refractivity (Wildman–Crippen MR) is 69.3 cm³/mol. The Kier molecular flexibility index (Phi) is 1.61. The van der Waals surface area contributed by atoms with E-state index in [1.807, 2.05) is 0 Å². The van der Waals surface area contributed by atoms with Crippen LogP contribution in [0, 0.1) is 0 Å². The molecule has 0 saturated heterocycles. The second-order valence-corrected chi connectivity index (χ2v) is 4.55. The molecule has 86 valence electrons. The van der Waals surface area contributed by atoms with Crippen LogP contribution in [0.3, 0.4) is 0 Å². The molecule has 0 spiro atoms. The molecular formula is C15H13ClO. The molecule has 3 rings (SSSR count). The monoisotopic (exact) mass is 249 g/mol. The molecule has 2 atom stereocenters. The number of hydrogen-bond donors (Lipinski definition) is 1. The maximum absolute atomic E-state index is 10.2.